The van der Waals surface area contributed by atoms with Crippen molar-refractivity contribution in [2.45, 2.75) is 31.8 Å². The third-order valence-corrected chi connectivity index (χ3v) is 3.69. The fourth-order valence-electron chi connectivity index (χ4n) is 2.38. The van der Waals surface area contributed by atoms with E-state index in [2.05, 4.69) is 0 Å². The number of nitrogens with zero attached hydrogens (tertiary/aromatic N) is 1. The van der Waals surface area contributed by atoms with Crippen molar-refractivity contribution in [1.29, 1.82) is 0 Å². The van der Waals surface area contributed by atoms with Gasteiger partial charge in [-0.1, -0.05) is 0 Å². The van der Waals surface area contributed by atoms with E-state index in [0.717, 1.165) is 18.6 Å². The first-order chi connectivity index (χ1) is 9.02. The lowest BCUT2D eigenvalue weighted by Gasteiger charge is -2.22. The molecule has 4 nitrogen and oxygen atoms in total. The van der Waals surface area contributed by atoms with Crippen molar-refractivity contribution in [3.05, 3.63) is 29.8 Å². The number of likely N-dealkylation sites (tertiary alicyclic amines) is 1. The molecule has 1 aliphatic heterocycles. The maximum absolute atomic E-state index is 12.4. The number of aliphatic hydroxyl groups is 1. The maximum Gasteiger partial charge on any atom is 0.253 e. The smallest absolute Gasteiger partial charge is 0.253 e. The molecule has 1 fully saturated rings. The standard InChI is InChI=1S/C15H21NO3/c1-15(18)8-3-10-16(11-9-15)14(17)12-4-6-13(19-2)7-5-12/h4-7,18H,3,8-11H2,1-2H3. The van der Waals surface area contributed by atoms with Crippen molar-refractivity contribution in [1.82, 2.24) is 4.90 Å². The lowest BCUT2D eigenvalue weighted by Crippen LogP contribution is -2.33. The summed E-state index contributed by atoms with van der Waals surface area (Å²) >= 11 is 0. The van der Waals surface area contributed by atoms with Gasteiger partial charge in [-0.3, -0.25) is 4.79 Å². The van der Waals surface area contributed by atoms with Gasteiger partial charge in [-0.05, 0) is 50.5 Å². The summed E-state index contributed by atoms with van der Waals surface area (Å²) in [4.78, 5) is 14.2. The van der Waals surface area contributed by atoms with E-state index in [9.17, 15) is 9.90 Å². The summed E-state index contributed by atoms with van der Waals surface area (Å²) in [6.45, 7) is 3.16. The van der Waals surface area contributed by atoms with Gasteiger partial charge in [-0.2, -0.15) is 0 Å². The summed E-state index contributed by atoms with van der Waals surface area (Å²) in [5.74, 6) is 0.774. The van der Waals surface area contributed by atoms with Crippen molar-refractivity contribution in [2.24, 2.45) is 0 Å². The number of hydrogen-bond acceptors (Lipinski definition) is 3. The van der Waals surface area contributed by atoms with Crippen molar-refractivity contribution < 1.29 is 14.6 Å². The highest BCUT2D eigenvalue weighted by molar-refractivity contribution is 5.94. The molecule has 0 aromatic heterocycles. The van der Waals surface area contributed by atoms with Crippen LogP contribution in [0.15, 0.2) is 24.3 Å². The molecule has 1 aliphatic rings. The molecule has 1 aromatic rings. The minimum Gasteiger partial charge on any atom is -0.497 e. The summed E-state index contributed by atoms with van der Waals surface area (Å²) in [7, 11) is 1.60. The van der Waals surface area contributed by atoms with Gasteiger partial charge < -0.3 is 14.7 Å². The van der Waals surface area contributed by atoms with Crippen LogP contribution in [0.3, 0.4) is 0 Å². The van der Waals surface area contributed by atoms with E-state index >= 15 is 0 Å². The molecule has 1 aromatic carbocycles. The minimum atomic E-state index is -0.644. The molecule has 1 N–H and O–H groups in total. The number of benzene rings is 1. The van der Waals surface area contributed by atoms with Gasteiger partial charge in [-0.25, -0.2) is 0 Å². The van der Waals surface area contributed by atoms with Gasteiger partial charge >= 0.3 is 0 Å². The number of ether oxygens (including phenoxy) is 1. The van der Waals surface area contributed by atoms with E-state index < -0.39 is 5.60 Å². The molecule has 0 saturated carbocycles. The first kappa shape index (κ1) is 13.9. The fraction of sp³-hybridized carbons (Fsp3) is 0.533. The van der Waals surface area contributed by atoms with Crippen LogP contribution in [0.4, 0.5) is 0 Å². The first-order valence-corrected chi connectivity index (χ1v) is 6.67. The van der Waals surface area contributed by atoms with Crippen molar-refractivity contribution in [2.75, 3.05) is 20.2 Å². The van der Waals surface area contributed by atoms with E-state index in [-0.39, 0.29) is 5.91 Å². The van der Waals surface area contributed by atoms with Crippen LogP contribution in [0.1, 0.15) is 36.5 Å². The van der Waals surface area contributed by atoms with E-state index in [1.165, 1.54) is 0 Å². The summed E-state index contributed by atoms with van der Waals surface area (Å²) in [6.07, 6.45) is 2.23. The number of hydrogen-bond donors (Lipinski definition) is 1. The average molecular weight is 263 g/mol. The molecular weight excluding hydrogens is 242 g/mol. The molecule has 19 heavy (non-hydrogen) atoms. The molecule has 0 bridgehead atoms. The lowest BCUT2D eigenvalue weighted by molar-refractivity contribution is 0.0438. The van der Waals surface area contributed by atoms with Crippen LogP contribution < -0.4 is 4.74 Å². The molecule has 104 valence electrons. The Hall–Kier alpha value is -1.55. The summed E-state index contributed by atoms with van der Waals surface area (Å²) < 4.78 is 5.08. The van der Waals surface area contributed by atoms with Crippen LogP contribution in [0, 0.1) is 0 Å². The zero-order chi connectivity index (χ0) is 13.9. The van der Waals surface area contributed by atoms with Gasteiger partial charge in [0, 0.05) is 18.7 Å². The molecule has 2 rings (SSSR count). The lowest BCUT2D eigenvalue weighted by atomic mass is 9.98. The number of methoxy groups -OCH3 is 1. The Labute approximate surface area is 114 Å². The van der Waals surface area contributed by atoms with Crippen LogP contribution in [0.2, 0.25) is 0 Å². The molecule has 1 atom stereocenters. The highest BCUT2D eigenvalue weighted by atomic mass is 16.5. The Balaban J connectivity index is 2.06. The Morgan fingerprint density at radius 3 is 2.58 bits per heavy atom. The molecule has 4 heteroatoms. The third-order valence-electron chi connectivity index (χ3n) is 3.69. The second-order valence-electron chi connectivity index (χ2n) is 5.37. The van der Waals surface area contributed by atoms with Crippen molar-refractivity contribution in [3.63, 3.8) is 0 Å². The van der Waals surface area contributed by atoms with E-state index in [1.54, 1.807) is 31.4 Å². The minimum absolute atomic E-state index is 0.0281. The number of rotatable bonds is 2. The molecule has 0 spiro atoms. The van der Waals surface area contributed by atoms with Gasteiger partial charge in [0.1, 0.15) is 5.75 Å². The summed E-state index contributed by atoms with van der Waals surface area (Å²) in [5.41, 5.74) is 0.0249. The van der Waals surface area contributed by atoms with E-state index in [1.807, 2.05) is 11.8 Å². The van der Waals surface area contributed by atoms with E-state index in [4.69, 9.17) is 4.74 Å². The number of carbonyl (C=O) groups excluding carboxylic acids is 1. The fourth-order valence-corrected chi connectivity index (χ4v) is 2.38. The first-order valence-electron chi connectivity index (χ1n) is 6.67. The number of amides is 1. The predicted octanol–water partition coefficient (Wildman–Crippen LogP) is 2.07. The van der Waals surface area contributed by atoms with Crippen molar-refractivity contribution in [3.8, 4) is 5.75 Å². The Morgan fingerprint density at radius 1 is 1.26 bits per heavy atom. The Kier molecular flexibility index (Phi) is 4.10. The average Bonchev–Trinajstić information content (AvgIpc) is 2.59. The second-order valence-corrected chi connectivity index (χ2v) is 5.37. The SMILES string of the molecule is COc1ccc(C(=O)N2CCCC(C)(O)CC2)cc1. The largest absolute Gasteiger partial charge is 0.497 e. The highest BCUT2D eigenvalue weighted by Gasteiger charge is 2.27. The summed E-state index contributed by atoms with van der Waals surface area (Å²) in [6, 6.07) is 7.15. The highest BCUT2D eigenvalue weighted by Crippen LogP contribution is 2.22. The molecular formula is C15H21NO3. The van der Waals surface area contributed by atoms with Crippen LogP contribution in [-0.4, -0.2) is 41.7 Å². The monoisotopic (exact) mass is 263 g/mol. The van der Waals surface area contributed by atoms with E-state index in [0.29, 0.717) is 25.1 Å². The molecule has 0 radical (unpaired) electrons. The zero-order valence-electron chi connectivity index (χ0n) is 11.6. The van der Waals surface area contributed by atoms with Gasteiger partial charge in [0.2, 0.25) is 0 Å². The van der Waals surface area contributed by atoms with Crippen LogP contribution >= 0.6 is 0 Å². The van der Waals surface area contributed by atoms with Gasteiger partial charge in [-0.15, -0.1) is 0 Å². The van der Waals surface area contributed by atoms with Crippen LogP contribution in [0.5, 0.6) is 5.75 Å². The van der Waals surface area contributed by atoms with Crippen LogP contribution in [0.25, 0.3) is 0 Å². The topological polar surface area (TPSA) is 49.8 Å². The summed E-state index contributed by atoms with van der Waals surface area (Å²) in [5, 5.41) is 10.0. The molecule has 1 saturated heterocycles. The maximum atomic E-state index is 12.4. The molecule has 0 aliphatic carbocycles. The van der Waals surface area contributed by atoms with Gasteiger partial charge in [0.15, 0.2) is 0 Å². The zero-order valence-corrected chi connectivity index (χ0v) is 11.6. The quantitative estimate of drug-likeness (QED) is 0.888. The van der Waals surface area contributed by atoms with Gasteiger partial charge in [0.05, 0.1) is 12.7 Å². The third kappa shape index (κ3) is 3.47. The molecule has 1 amide bonds. The Bertz CT molecular complexity index is 439. The molecule has 1 unspecified atom stereocenters. The normalized spacial score (nSPS) is 23.8. The van der Waals surface area contributed by atoms with Crippen LogP contribution in [-0.2, 0) is 0 Å². The van der Waals surface area contributed by atoms with Gasteiger partial charge in [0.25, 0.3) is 5.91 Å². The Morgan fingerprint density at radius 2 is 1.95 bits per heavy atom. The predicted molar refractivity (Wildman–Crippen MR) is 73.4 cm³/mol. The molecule has 1 heterocycles. The number of carbonyl (C=O) groups is 1. The van der Waals surface area contributed by atoms with Crippen molar-refractivity contribution >= 4 is 5.91 Å². The second kappa shape index (κ2) is 5.61.